The van der Waals surface area contributed by atoms with Crippen LogP contribution in [0.15, 0.2) is 72.8 Å². The van der Waals surface area contributed by atoms with Crippen LogP contribution >= 0.6 is 0 Å². The van der Waals surface area contributed by atoms with E-state index in [2.05, 4.69) is 9.97 Å². The van der Waals surface area contributed by atoms with Crippen LogP contribution in [0.2, 0.25) is 0 Å². The molecule has 0 amide bonds. The molecule has 0 saturated heterocycles. The molecule has 0 unspecified atom stereocenters. The van der Waals surface area contributed by atoms with Gasteiger partial charge in [-0.15, -0.1) is 0 Å². The summed E-state index contributed by atoms with van der Waals surface area (Å²) < 4.78 is 0. The van der Waals surface area contributed by atoms with Gasteiger partial charge in [-0.2, -0.15) is 0 Å². The molecule has 4 rings (SSSR count). The summed E-state index contributed by atoms with van der Waals surface area (Å²) in [6.07, 6.45) is 0. The second kappa shape index (κ2) is 7.00. The van der Waals surface area contributed by atoms with E-state index in [9.17, 15) is 15.2 Å². The zero-order valence-corrected chi connectivity index (χ0v) is 15.1. The normalized spacial score (nSPS) is 10.8. The summed E-state index contributed by atoms with van der Waals surface area (Å²) in [4.78, 5) is 18.6. The van der Waals surface area contributed by atoms with Gasteiger partial charge in [-0.3, -0.25) is 10.1 Å². The maximum absolute atomic E-state index is 11.1. The second-order valence-corrected chi connectivity index (χ2v) is 6.50. The number of nitro groups is 1. The van der Waals surface area contributed by atoms with Crippen LogP contribution in [0.3, 0.4) is 0 Å². The number of nitrogens with zero attached hydrogens (tertiary/aromatic N) is 2. The predicted octanol–water partition coefficient (Wildman–Crippen LogP) is 5.33. The number of rotatable bonds is 4. The number of aromatic amines is 1. The average molecular weight is 371 g/mol. The van der Waals surface area contributed by atoms with Gasteiger partial charge in [0.15, 0.2) is 0 Å². The zero-order valence-electron chi connectivity index (χ0n) is 15.1. The van der Waals surface area contributed by atoms with Gasteiger partial charge < -0.3 is 10.1 Å². The molecule has 6 nitrogen and oxygen atoms in total. The lowest BCUT2D eigenvalue weighted by Crippen LogP contribution is -1.90. The van der Waals surface area contributed by atoms with Crippen LogP contribution in [0.4, 0.5) is 5.69 Å². The lowest BCUT2D eigenvalue weighted by molar-refractivity contribution is -0.384. The maximum Gasteiger partial charge on any atom is 0.270 e. The smallest absolute Gasteiger partial charge is 0.270 e. The monoisotopic (exact) mass is 371 g/mol. The third-order valence-corrected chi connectivity index (χ3v) is 4.54. The quantitative estimate of drug-likeness (QED) is 0.374. The Bertz CT molecular complexity index is 1150. The molecule has 0 saturated carbocycles. The van der Waals surface area contributed by atoms with E-state index in [1.54, 1.807) is 0 Å². The second-order valence-electron chi connectivity index (χ2n) is 6.50. The molecule has 0 bridgehead atoms. The number of H-pyrrole nitrogens is 1. The molecule has 0 aliphatic heterocycles. The Morgan fingerprint density at radius 2 is 1.68 bits per heavy atom. The highest BCUT2D eigenvalue weighted by Gasteiger charge is 2.19. The molecule has 1 heterocycles. The number of non-ortho nitro benzene ring substituents is 1. The summed E-state index contributed by atoms with van der Waals surface area (Å²) in [5.74, 6) is 0.296. The van der Waals surface area contributed by atoms with E-state index in [4.69, 9.17) is 0 Å². The van der Waals surface area contributed by atoms with E-state index in [0.29, 0.717) is 11.5 Å². The number of aromatic hydroxyl groups is 1. The fourth-order valence-corrected chi connectivity index (χ4v) is 3.06. The molecule has 2 N–H and O–H groups in total. The summed E-state index contributed by atoms with van der Waals surface area (Å²) in [6, 6.07) is 21.6. The van der Waals surface area contributed by atoms with Gasteiger partial charge in [0, 0.05) is 23.3 Å². The molecule has 0 radical (unpaired) electrons. The molecule has 0 atom stereocenters. The van der Waals surface area contributed by atoms with Crippen LogP contribution < -0.4 is 0 Å². The van der Waals surface area contributed by atoms with Crippen LogP contribution in [0.5, 0.6) is 5.75 Å². The van der Waals surface area contributed by atoms with Gasteiger partial charge in [0.2, 0.25) is 0 Å². The number of aryl methyl sites for hydroxylation is 1. The number of nitro benzene ring substituents is 1. The summed E-state index contributed by atoms with van der Waals surface area (Å²) in [7, 11) is 0. The van der Waals surface area contributed by atoms with Crippen molar-refractivity contribution in [2.75, 3.05) is 0 Å². The first-order valence-corrected chi connectivity index (χ1v) is 8.73. The Morgan fingerprint density at radius 1 is 0.964 bits per heavy atom. The molecule has 1 aromatic heterocycles. The Morgan fingerprint density at radius 3 is 2.36 bits per heavy atom. The van der Waals surface area contributed by atoms with Crippen molar-refractivity contribution in [3.8, 4) is 39.7 Å². The number of phenolic OH excluding ortho intramolecular Hbond substituents is 1. The van der Waals surface area contributed by atoms with Gasteiger partial charge in [0.05, 0.1) is 21.9 Å². The molecule has 0 fully saturated rings. The summed E-state index contributed by atoms with van der Waals surface area (Å²) in [5.41, 5.74) is 4.66. The van der Waals surface area contributed by atoms with Gasteiger partial charge in [-0.25, -0.2) is 4.98 Å². The summed E-state index contributed by atoms with van der Waals surface area (Å²) >= 11 is 0. The molecular weight excluding hydrogens is 354 g/mol. The standard InChI is InChI=1S/C22H17N3O3/c1-14-7-9-16(10-8-14)21-20(15-5-3-2-4-6-15)23-22(24-21)18-13-17(25(27)28)11-12-19(18)26/h2-13,26H,1H3,(H,23,24). The lowest BCUT2D eigenvalue weighted by Gasteiger charge is -2.03. The Hall–Kier alpha value is -3.93. The first-order chi connectivity index (χ1) is 13.5. The van der Waals surface area contributed by atoms with E-state index in [1.807, 2.05) is 61.5 Å². The van der Waals surface area contributed by atoms with Crippen LogP contribution in [0.25, 0.3) is 33.9 Å². The third kappa shape index (κ3) is 3.23. The predicted molar refractivity (Wildman–Crippen MR) is 108 cm³/mol. The minimum absolute atomic E-state index is 0.0746. The molecule has 3 aromatic carbocycles. The molecule has 28 heavy (non-hydrogen) atoms. The fourth-order valence-electron chi connectivity index (χ4n) is 3.06. The number of nitrogens with one attached hydrogen (secondary N) is 1. The Labute approximate surface area is 161 Å². The first-order valence-electron chi connectivity index (χ1n) is 8.73. The SMILES string of the molecule is Cc1ccc(-c2[nH]c(-c3cc([N+](=O)[O-])ccc3O)nc2-c2ccccc2)cc1. The van der Waals surface area contributed by atoms with Crippen molar-refractivity contribution in [2.45, 2.75) is 6.92 Å². The third-order valence-electron chi connectivity index (χ3n) is 4.54. The number of aromatic nitrogens is 2. The number of imidazole rings is 1. The van der Waals surface area contributed by atoms with Gasteiger partial charge >= 0.3 is 0 Å². The zero-order chi connectivity index (χ0) is 19.7. The molecule has 0 spiro atoms. The molecular formula is C22H17N3O3. The van der Waals surface area contributed by atoms with Crippen molar-refractivity contribution in [1.82, 2.24) is 9.97 Å². The van der Waals surface area contributed by atoms with E-state index in [0.717, 1.165) is 22.4 Å². The maximum atomic E-state index is 11.1. The Balaban J connectivity index is 1.92. The highest BCUT2D eigenvalue weighted by molar-refractivity contribution is 5.82. The first kappa shape index (κ1) is 17.5. The lowest BCUT2D eigenvalue weighted by atomic mass is 10.0. The van der Waals surface area contributed by atoms with Gasteiger partial charge in [-0.1, -0.05) is 60.2 Å². The van der Waals surface area contributed by atoms with E-state index in [-0.39, 0.29) is 17.0 Å². The highest BCUT2D eigenvalue weighted by Crippen LogP contribution is 2.37. The van der Waals surface area contributed by atoms with Gasteiger partial charge in [0.25, 0.3) is 5.69 Å². The molecule has 4 aromatic rings. The number of phenols is 1. The van der Waals surface area contributed by atoms with Crippen molar-refractivity contribution < 1.29 is 10.0 Å². The highest BCUT2D eigenvalue weighted by atomic mass is 16.6. The largest absolute Gasteiger partial charge is 0.507 e. The average Bonchev–Trinajstić information content (AvgIpc) is 3.14. The number of hydrogen-bond acceptors (Lipinski definition) is 4. The number of hydrogen-bond donors (Lipinski definition) is 2. The Kier molecular flexibility index (Phi) is 4.37. The molecule has 0 aliphatic carbocycles. The molecule has 0 aliphatic rings. The summed E-state index contributed by atoms with van der Waals surface area (Å²) in [6.45, 7) is 2.02. The van der Waals surface area contributed by atoms with Crippen LogP contribution in [-0.2, 0) is 0 Å². The van der Waals surface area contributed by atoms with Crippen molar-refractivity contribution >= 4 is 5.69 Å². The van der Waals surface area contributed by atoms with Crippen LogP contribution in [0, 0.1) is 17.0 Å². The van der Waals surface area contributed by atoms with Crippen LogP contribution in [-0.4, -0.2) is 20.0 Å². The van der Waals surface area contributed by atoms with Gasteiger partial charge in [0.1, 0.15) is 11.6 Å². The van der Waals surface area contributed by atoms with E-state index >= 15 is 0 Å². The number of benzene rings is 3. The van der Waals surface area contributed by atoms with Crippen LogP contribution in [0.1, 0.15) is 5.56 Å². The van der Waals surface area contributed by atoms with Crippen molar-refractivity contribution in [3.63, 3.8) is 0 Å². The van der Waals surface area contributed by atoms with Crippen molar-refractivity contribution in [1.29, 1.82) is 0 Å². The minimum atomic E-state index is -0.495. The minimum Gasteiger partial charge on any atom is -0.507 e. The van der Waals surface area contributed by atoms with E-state index in [1.165, 1.54) is 18.2 Å². The fraction of sp³-hybridized carbons (Fsp3) is 0.0455. The van der Waals surface area contributed by atoms with Gasteiger partial charge in [-0.05, 0) is 13.0 Å². The molecule has 6 heteroatoms. The van der Waals surface area contributed by atoms with E-state index < -0.39 is 4.92 Å². The van der Waals surface area contributed by atoms with Crippen molar-refractivity contribution in [2.24, 2.45) is 0 Å². The summed E-state index contributed by atoms with van der Waals surface area (Å²) in [5, 5.41) is 21.4. The topological polar surface area (TPSA) is 92.0 Å². The molecule has 138 valence electrons. The van der Waals surface area contributed by atoms with Crippen molar-refractivity contribution in [3.05, 3.63) is 88.5 Å².